The molecule has 266 valence electrons. The van der Waals surface area contributed by atoms with E-state index in [9.17, 15) is 4.79 Å². The van der Waals surface area contributed by atoms with Gasteiger partial charge in [-0.2, -0.15) is 0 Å². The summed E-state index contributed by atoms with van der Waals surface area (Å²) < 4.78 is 11.6. The summed E-state index contributed by atoms with van der Waals surface area (Å²) in [5.74, 6) is 0.810. The van der Waals surface area contributed by atoms with Crippen LogP contribution in [0.15, 0.2) is 79.1 Å². The van der Waals surface area contributed by atoms with Crippen molar-refractivity contribution in [3.05, 3.63) is 95.8 Å². The number of ether oxygens (including phenoxy) is 2. The first-order valence-corrected chi connectivity index (χ1v) is 18.6. The van der Waals surface area contributed by atoms with Crippen molar-refractivity contribution in [2.24, 2.45) is 11.7 Å². The number of unbranched alkanes of at least 4 members (excludes halogenated alkanes) is 2. The number of amides is 1. The van der Waals surface area contributed by atoms with Crippen molar-refractivity contribution in [3.8, 4) is 5.75 Å². The van der Waals surface area contributed by atoms with E-state index in [4.69, 9.17) is 15.2 Å². The van der Waals surface area contributed by atoms with Crippen molar-refractivity contribution in [1.29, 1.82) is 0 Å². The molecule has 5 rings (SSSR count). The molecule has 2 aromatic carbocycles. The van der Waals surface area contributed by atoms with Gasteiger partial charge in [0.1, 0.15) is 11.2 Å². The molecule has 0 radical (unpaired) electrons. The van der Waals surface area contributed by atoms with Gasteiger partial charge in [-0.25, -0.2) is 0 Å². The summed E-state index contributed by atoms with van der Waals surface area (Å²) >= 11 is 0. The van der Waals surface area contributed by atoms with Gasteiger partial charge in [-0.05, 0) is 115 Å². The second-order valence-corrected chi connectivity index (χ2v) is 14.2. The fourth-order valence-electron chi connectivity index (χ4n) is 8.30. The molecule has 0 aliphatic carbocycles. The number of rotatable bonds is 19. The molecule has 8 heteroatoms. The van der Waals surface area contributed by atoms with Gasteiger partial charge in [-0.3, -0.25) is 19.6 Å². The van der Waals surface area contributed by atoms with Crippen LogP contribution in [0.4, 0.5) is 0 Å². The number of piperidine rings is 1. The molecule has 0 bridgehead atoms. The average molecular weight is 670 g/mol. The molecule has 8 nitrogen and oxygen atoms in total. The van der Waals surface area contributed by atoms with Gasteiger partial charge in [0.05, 0.1) is 7.11 Å². The monoisotopic (exact) mass is 669 g/mol. The van der Waals surface area contributed by atoms with E-state index < -0.39 is 5.41 Å². The fourth-order valence-corrected chi connectivity index (χ4v) is 8.30. The third kappa shape index (κ3) is 9.48. The molecule has 2 aliphatic heterocycles. The number of hydrogen-bond donors (Lipinski definition) is 1. The maximum absolute atomic E-state index is 13.3. The third-order valence-corrected chi connectivity index (χ3v) is 10.9. The lowest BCUT2D eigenvalue weighted by molar-refractivity contribution is -0.123. The summed E-state index contributed by atoms with van der Waals surface area (Å²) in [5.41, 5.74) is 8.61. The summed E-state index contributed by atoms with van der Waals surface area (Å²) in [6, 6.07) is 23.4. The van der Waals surface area contributed by atoms with Crippen molar-refractivity contribution < 1.29 is 14.3 Å². The number of methoxy groups -OCH3 is 1. The standard InChI is InChI=1S/C41H59N5O3/c1-33(2)46(38-20-26-45(27-21-38)31-34-30-43-22-18-39(34)48-3)24-11-13-29-49-28-12-10-23-44-25-19-37(32-44)41(40(42)47,35-14-6-4-7-15-35)36-16-8-5-9-17-36/h4-9,14-18,22,30,33,37-38H,10-13,19-21,23-29,31-32H2,1-3H3,(H2,42,47)/t37-/m1/s1. The minimum atomic E-state index is -0.822. The number of nitrogens with zero attached hydrogens (tertiary/aromatic N) is 4. The lowest BCUT2D eigenvalue weighted by Crippen LogP contribution is -2.49. The number of likely N-dealkylation sites (tertiary alicyclic amines) is 2. The highest BCUT2D eigenvalue weighted by molar-refractivity contribution is 5.91. The second kappa shape index (κ2) is 18.6. The lowest BCUT2D eigenvalue weighted by atomic mass is 9.64. The number of aromatic nitrogens is 1. The van der Waals surface area contributed by atoms with Gasteiger partial charge < -0.3 is 20.1 Å². The number of hydrogen-bond acceptors (Lipinski definition) is 7. The molecule has 0 unspecified atom stereocenters. The molecule has 2 fully saturated rings. The van der Waals surface area contributed by atoms with E-state index in [-0.39, 0.29) is 11.8 Å². The molecule has 49 heavy (non-hydrogen) atoms. The fraction of sp³-hybridized carbons (Fsp3) is 0.561. The Labute approximate surface area is 295 Å². The number of carbonyl (C=O) groups excluding carboxylic acids is 1. The Hall–Kier alpha value is -3.30. The smallest absolute Gasteiger partial charge is 0.232 e. The van der Waals surface area contributed by atoms with Gasteiger partial charge in [0.25, 0.3) is 0 Å². The van der Waals surface area contributed by atoms with E-state index in [1.54, 1.807) is 13.3 Å². The number of nitrogens with two attached hydrogens (primary N) is 1. The first-order valence-electron chi connectivity index (χ1n) is 18.6. The summed E-state index contributed by atoms with van der Waals surface area (Å²) in [7, 11) is 1.73. The lowest BCUT2D eigenvalue weighted by Gasteiger charge is -2.40. The molecule has 0 saturated carbocycles. The Kier molecular flexibility index (Phi) is 14.1. The highest BCUT2D eigenvalue weighted by Crippen LogP contribution is 2.43. The summed E-state index contributed by atoms with van der Waals surface area (Å²) in [6.07, 6.45) is 11.5. The van der Waals surface area contributed by atoms with Crippen LogP contribution in [-0.2, 0) is 21.5 Å². The maximum Gasteiger partial charge on any atom is 0.232 e. The van der Waals surface area contributed by atoms with E-state index in [0.29, 0.717) is 12.1 Å². The predicted octanol–water partition coefficient (Wildman–Crippen LogP) is 6.14. The zero-order valence-electron chi connectivity index (χ0n) is 30.1. The van der Waals surface area contributed by atoms with Crippen molar-refractivity contribution in [3.63, 3.8) is 0 Å². The van der Waals surface area contributed by atoms with Crippen molar-refractivity contribution in [1.82, 2.24) is 19.7 Å². The van der Waals surface area contributed by atoms with E-state index >= 15 is 0 Å². The summed E-state index contributed by atoms with van der Waals surface area (Å²) in [5, 5.41) is 0. The normalized spacial score (nSPS) is 18.0. The maximum atomic E-state index is 13.3. The van der Waals surface area contributed by atoms with Crippen LogP contribution < -0.4 is 10.5 Å². The Morgan fingerprint density at radius 1 is 0.898 bits per heavy atom. The highest BCUT2D eigenvalue weighted by Gasteiger charge is 2.49. The van der Waals surface area contributed by atoms with Crippen LogP contribution in [0, 0.1) is 5.92 Å². The zero-order chi connectivity index (χ0) is 34.5. The molecule has 2 N–H and O–H groups in total. The van der Waals surface area contributed by atoms with E-state index in [2.05, 4.69) is 57.8 Å². The SMILES string of the molecule is COc1ccncc1CN1CCC(N(CCCCOCCCCN2CC[C@@H](C(C(N)=O)(c3ccccc3)c3ccccc3)C2)C(C)C)CC1. The molecule has 2 aliphatic rings. The van der Waals surface area contributed by atoms with Gasteiger partial charge in [-0.15, -0.1) is 0 Å². The molecule has 1 atom stereocenters. The summed E-state index contributed by atoms with van der Waals surface area (Å²) in [6.45, 7) is 13.5. The van der Waals surface area contributed by atoms with Gasteiger partial charge in [0.2, 0.25) is 5.91 Å². The molecule has 3 heterocycles. The predicted molar refractivity (Wildman–Crippen MR) is 198 cm³/mol. The highest BCUT2D eigenvalue weighted by atomic mass is 16.5. The van der Waals surface area contributed by atoms with Gasteiger partial charge in [0.15, 0.2) is 0 Å². The molecular weight excluding hydrogens is 610 g/mol. The molecule has 1 aromatic heterocycles. The topological polar surface area (TPSA) is 84.2 Å². The number of primary amides is 1. The van der Waals surface area contributed by atoms with Crippen molar-refractivity contribution >= 4 is 5.91 Å². The largest absolute Gasteiger partial charge is 0.496 e. The molecule has 1 amide bonds. The Morgan fingerprint density at radius 2 is 1.53 bits per heavy atom. The van der Waals surface area contributed by atoms with Crippen LogP contribution in [0.5, 0.6) is 5.75 Å². The minimum absolute atomic E-state index is 0.139. The first-order chi connectivity index (χ1) is 23.9. The second-order valence-electron chi connectivity index (χ2n) is 14.2. The van der Waals surface area contributed by atoms with Gasteiger partial charge in [-0.1, -0.05) is 60.7 Å². The van der Waals surface area contributed by atoms with E-state index in [1.165, 1.54) is 24.8 Å². The van der Waals surface area contributed by atoms with Crippen LogP contribution in [-0.4, -0.2) is 97.3 Å². The zero-order valence-corrected chi connectivity index (χ0v) is 30.1. The number of benzene rings is 2. The van der Waals surface area contributed by atoms with Crippen LogP contribution in [0.2, 0.25) is 0 Å². The minimum Gasteiger partial charge on any atom is -0.496 e. The van der Waals surface area contributed by atoms with Crippen molar-refractivity contribution in [2.45, 2.75) is 82.8 Å². The van der Waals surface area contributed by atoms with E-state index in [0.717, 1.165) is 102 Å². The third-order valence-electron chi connectivity index (χ3n) is 10.9. The van der Waals surface area contributed by atoms with Crippen molar-refractivity contribution in [2.75, 3.05) is 59.6 Å². The van der Waals surface area contributed by atoms with Crippen LogP contribution in [0.25, 0.3) is 0 Å². The molecule has 0 spiro atoms. The molecule has 3 aromatic rings. The Bertz CT molecular complexity index is 1360. The Balaban J connectivity index is 0.979. The van der Waals surface area contributed by atoms with Crippen LogP contribution >= 0.6 is 0 Å². The Morgan fingerprint density at radius 3 is 2.14 bits per heavy atom. The molecule has 2 saturated heterocycles. The first kappa shape index (κ1) is 37.0. The van der Waals surface area contributed by atoms with Crippen LogP contribution in [0.1, 0.15) is 75.5 Å². The number of carbonyl (C=O) groups is 1. The van der Waals surface area contributed by atoms with E-state index in [1.807, 2.05) is 48.7 Å². The quantitative estimate of drug-likeness (QED) is 0.154. The summed E-state index contributed by atoms with van der Waals surface area (Å²) in [4.78, 5) is 25.4. The van der Waals surface area contributed by atoms with Crippen LogP contribution in [0.3, 0.4) is 0 Å². The average Bonchev–Trinajstić information content (AvgIpc) is 3.59. The molecular formula is C41H59N5O3. The van der Waals surface area contributed by atoms with Gasteiger partial charge in [0, 0.05) is 56.3 Å². The van der Waals surface area contributed by atoms with Gasteiger partial charge >= 0.3 is 0 Å². The number of pyridine rings is 1.